The number of hydrogen-bond acceptors (Lipinski definition) is 6. The van der Waals surface area contributed by atoms with Crippen molar-refractivity contribution in [3.8, 4) is 0 Å². The summed E-state index contributed by atoms with van der Waals surface area (Å²) in [6, 6.07) is 8.11. The molecule has 8 nitrogen and oxygen atoms in total. The van der Waals surface area contributed by atoms with Gasteiger partial charge in [0, 0.05) is 58.9 Å². The van der Waals surface area contributed by atoms with Gasteiger partial charge in [-0.2, -0.15) is 0 Å². The molecule has 2 amide bonds. The molecule has 8 heteroatoms. The second-order valence-electron chi connectivity index (χ2n) is 19.2. The van der Waals surface area contributed by atoms with Crippen LogP contribution in [-0.4, -0.2) is 98.5 Å². The lowest BCUT2D eigenvalue weighted by Crippen LogP contribution is -2.67. The van der Waals surface area contributed by atoms with Crippen molar-refractivity contribution in [3.63, 3.8) is 0 Å². The van der Waals surface area contributed by atoms with Gasteiger partial charge in [-0.1, -0.05) is 59.2 Å². The average Bonchev–Trinajstić information content (AvgIpc) is 3.55. The molecule has 3 unspecified atom stereocenters. The van der Waals surface area contributed by atoms with Gasteiger partial charge in [-0.3, -0.25) is 14.5 Å². The van der Waals surface area contributed by atoms with E-state index in [1.807, 2.05) is 12.1 Å². The van der Waals surface area contributed by atoms with Gasteiger partial charge in [0.15, 0.2) is 0 Å². The number of esters is 1. The first-order valence-corrected chi connectivity index (χ1v) is 20.5. The Balaban J connectivity index is 1.03. The number of nitrogens with zero attached hydrogens (tertiary/aromatic N) is 3. The molecule has 1 aliphatic heterocycles. The van der Waals surface area contributed by atoms with Crippen LogP contribution in [0.25, 0.3) is 5.57 Å². The van der Waals surface area contributed by atoms with Crippen LogP contribution in [0.3, 0.4) is 0 Å². The number of carbonyl (C=O) groups excluding carboxylic acids is 3. The summed E-state index contributed by atoms with van der Waals surface area (Å²) in [5.41, 5.74) is 4.59. The van der Waals surface area contributed by atoms with E-state index in [1.54, 1.807) is 19.0 Å². The molecule has 6 aliphatic rings. The summed E-state index contributed by atoms with van der Waals surface area (Å²) in [6.45, 7) is 18.0. The first-order valence-electron chi connectivity index (χ1n) is 20.5. The monoisotopic (exact) mass is 715 g/mol. The Morgan fingerprint density at radius 2 is 1.54 bits per heavy atom. The highest BCUT2D eigenvalue weighted by Crippen LogP contribution is 2.76. The molecular formula is C44H66N4O4. The van der Waals surface area contributed by atoms with Crippen LogP contribution in [0, 0.1) is 45.3 Å². The fraction of sp³-hybridized carbons (Fsp3) is 0.750. The van der Waals surface area contributed by atoms with Gasteiger partial charge in [-0.25, -0.2) is 4.79 Å². The molecule has 8 atom stereocenters. The zero-order valence-corrected chi connectivity index (χ0v) is 33.5. The van der Waals surface area contributed by atoms with Crippen LogP contribution in [-0.2, 0) is 14.3 Å². The number of fused-ring (bicyclic) bond motifs is 7. The van der Waals surface area contributed by atoms with Gasteiger partial charge < -0.3 is 19.9 Å². The van der Waals surface area contributed by atoms with Gasteiger partial charge in [0.2, 0.25) is 0 Å². The van der Waals surface area contributed by atoms with Crippen molar-refractivity contribution in [3.05, 3.63) is 41.5 Å². The van der Waals surface area contributed by atoms with Crippen LogP contribution in [0.5, 0.6) is 0 Å². The van der Waals surface area contributed by atoms with Crippen molar-refractivity contribution < 1.29 is 19.1 Å². The first kappa shape index (κ1) is 37.6. The number of rotatable bonds is 6. The molecule has 5 aliphatic carbocycles. The minimum Gasteiger partial charge on any atom is -0.465 e. The van der Waals surface area contributed by atoms with Crippen molar-refractivity contribution in [2.75, 3.05) is 60.5 Å². The minimum atomic E-state index is -0.426. The Kier molecular flexibility index (Phi) is 9.79. The summed E-state index contributed by atoms with van der Waals surface area (Å²) in [5, 5.41) is 4.23. The molecule has 1 N–H and O–H groups in total. The second-order valence-corrected chi connectivity index (χ2v) is 19.2. The minimum absolute atomic E-state index is 0.0573. The maximum Gasteiger partial charge on any atom is 0.337 e. The number of piperazine rings is 1. The summed E-state index contributed by atoms with van der Waals surface area (Å²) in [5.74, 6) is 1.80. The van der Waals surface area contributed by atoms with E-state index in [9.17, 15) is 14.4 Å². The number of benzene rings is 1. The number of likely N-dealkylation sites (N-methyl/N-ethyl adjacent to an activating group) is 1. The quantitative estimate of drug-likeness (QED) is 0.255. The highest BCUT2D eigenvalue weighted by Gasteiger charge is 2.69. The molecule has 0 bridgehead atoms. The lowest BCUT2D eigenvalue weighted by atomic mass is 9.33. The van der Waals surface area contributed by atoms with Crippen molar-refractivity contribution >= 4 is 23.4 Å². The van der Waals surface area contributed by atoms with E-state index in [1.165, 1.54) is 80.9 Å². The molecule has 286 valence electrons. The molecule has 1 heterocycles. The largest absolute Gasteiger partial charge is 0.465 e. The zero-order valence-electron chi connectivity index (χ0n) is 33.5. The summed E-state index contributed by atoms with van der Waals surface area (Å²) in [6.07, 6.45) is 15.7. The molecule has 1 aromatic rings. The lowest BCUT2D eigenvalue weighted by Gasteiger charge is -2.72. The normalized spacial score (nSPS) is 38.2. The van der Waals surface area contributed by atoms with Crippen molar-refractivity contribution in [1.82, 2.24) is 20.0 Å². The first-order chi connectivity index (χ1) is 24.6. The lowest BCUT2D eigenvalue weighted by molar-refractivity contribution is -0.217. The fourth-order valence-electron chi connectivity index (χ4n) is 13.8. The number of carbonyl (C=O) groups is 3. The highest BCUT2D eigenvalue weighted by atomic mass is 16.5. The van der Waals surface area contributed by atoms with E-state index in [0.717, 1.165) is 50.4 Å². The van der Waals surface area contributed by atoms with Crippen LogP contribution in [0.4, 0.5) is 0 Å². The Morgan fingerprint density at radius 1 is 0.827 bits per heavy atom. The van der Waals surface area contributed by atoms with Gasteiger partial charge in [0.1, 0.15) is 0 Å². The number of nitrogens with one attached hydrogen (secondary N) is 1. The third-order valence-electron chi connectivity index (χ3n) is 16.7. The Bertz CT molecular complexity index is 1580. The van der Waals surface area contributed by atoms with Crippen molar-refractivity contribution in [2.24, 2.45) is 45.3 Å². The highest BCUT2D eigenvalue weighted by molar-refractivity contribution is 6.34. The van der Waals surface area contributed by atoms with Gasteiger partial charge in [-0.05, 0) is 126 Å². The van der Waals surface area contributed by atoms with Crippen molar-refractivity contribution in [1.29, 1.82) is 0 Å². The van der Waals surface area contributed by atoms with E-state index in [4.69, 9.17) is 4.74 Å². The third-order valence-corrected chi connectivity index (χ3v) is 16.7. The summed E-state index contributed by atoms with van der Waals surface area (Å²) in [4.78, 5) is 42.4. The smallest absolute Gasteiger partial charge is 0.337 e. The van der Waals surface area contributed by atoms with Gasteiger partial charge in [-0.15, -0.1) is 0 Å². The Labute approximate surface area is 313 Å². The Hall–Kier alpha value is -2.71. The summed E-state index contributed by atoms with van der Waals surface area (Å²) < 4.78 is 4.96. The van der Waals surface area contributed by atoms with E-state index in [2.05, 4.69) is 63.0 Å². The molecule has 7 rings (SSSR count). The number of ether oxygens (including phenoxy) is 1. The predicted octanol–water partition coefficient (Wildman–Crippen LogP) is 6.90. The molecule has 4 saturated carbocycles. The van der Waals surface area contributed by atoms with Crippen molar-refractivity contribution in [2.45, 2.75) is 104 Å². The summed E-state index contributed by atoms with van der Waals surface area (Å²) in [7, 11) is 4.73. The van der Waals surface area contributed by atoms with E-state index >= 15 is 0 Å². The van der Waals surface area contributed by atoms with Crippen LogP contribution in [0.1, 0.15) is 115 Å². The van der Waals surface area contributed by atoms with Crippen LogP contribution in [0.15, 0.2) is 30.3 Å². The molecule has 52 heavy (non-hydrogen) atoms. The van der Waals surface area contributed by atoms with Gasteiger partial charge >= 0.3 is 17.8 Å². The molecular weight excluding hydrogens is 649 g/mol. The molecule has 0 spiro atoms. The SMILES string of the molecule is COC(=O)c1ccc(C2=CC[C@@]3(C)C(CC[C@]4(C)C3CC[C@@H]3C5CCC[C@]5(NCCN5CCN(C(=O)C(=O)N(C)C)CC5)CC[C@]34C)C2(C)C)cc1. The van der Waals surface area contributed by atoms with E-state index in [-0.39, 0.29) is 28.2 Å². The number of hydrogen-bond donors (Lipinski definition) is 1. The fourth-order valence-corrected chi connectivity index (χ4v) is 13.8. The van der Waals surface area contributed by atoms with Crippen LogP contribution in [0.2, 0.25) is 0 Å². The predicted molar refractivity (Wildman–Crippen MR) is 206 cm³/mol. The standard InChI is InChI=1S/C44H66N4O4/c1-40(2)32(30-11-13-31(14-12-30)39(51)52-8)17-20-41(3)35(40)18-21-43(5)36(41)16-15-33-34-10-9-19-44(34,23-22-42(33,43)4)45-24-25-47-26-28-48(29-27-47)38(50)37(49)46(6)7/h11-14,17,33-36,45H,9-10,15-16,18-29H2,1-8H3/t33-,34?,35?,36?,41+,42-,43-,44+/m1/s1. The molecule has 1 saturated heterocycles. The third kappa shape index (κ3) is 5.79. The van der Waals surface area contributed by atoms with E-state index < -0.39 is 5.91 Å². The second kappa shape index (κ2) is 13.5. The molecule has 0 radical (unpaired) electrons. The van der Waals surface area contributed by atoms with Gasteiger partial charge in [0.25, 0.3) is 0 Å². The summed E-state index contributed by atoms with van der Waals surface area (Å²) >= 11 is 0. The maximum absolute atomic E-state index is 12.5. The van der Waals surface area contributed by atoms with Crippen LogP contribution >= 0.6 is 0 Å². The molecule has 5 fully saturated rings. The topological polar surface area (TPSA) is 82.2 Å². The number of allylic oxidation sites excluding steroid dienone is 2. The average molecular weight is 715 g/mol. The molecule has 1 aromatic carbocycles. The zero-order chi connectivity index (χ0) is 37.3. The number of methoxy groups -OCH3 is 1. The van der Waals surface area contributed by atoms with E-state index in [0.29, 0.717) is 35.4 Å². The van der Waals surface area contributed by atoms with Gasteiger partial charge in [0.05, 0.1) is 12.7 Å². The Morgan fingerprint density at radius 3 is 2.21 bits per heavy atom. The van der Waals surface area contributed by atoms with Crippen LogP contribution < -0.4 is 5.32 Å². The maximum atomic E-state index is 12.5. The number of amides is 2. The molecule has 0 aromatic heterocycles.